The van der Waals surface area contributed by atoms with Crippen molar-refractivity contribution < 1.29 is 4.79 Å². The summed E-state index contributed by atoms with van der Waals surface area (Å²) < 4.78 is 0. The molecule has 1 aromatic carbocycles. The molecular formula is C15H16Cl2N2OS. The second kappa shape index (κ2) is 7.27. The van der Waals surface area contributed by atoms with E-state index in [1.807, 2.05) is 19.5 Å². The van der Waals surface area contributed by atoms with Crippen LogP contribution in [0.5, 0.6) is 0 Å². The zero-order valence-corrected chi connectivity index (χ0v) is 14.1. The van der Waals surface area contributed by atoms with Gasteiger partial charge in [0.15, 0.2) is 0 Å². The van der Waals surface area contributed by atoms with Crippen LogP contribution in [0.3, 0.4) is 0 Å². The van der Waals surface area contributed by atoms with Crippen molar-refractivity contribution in [2.75, 3.05) is 20.6 Å². The molecule has 0 fully saturated rings. The number of likely N-dealkylation sites (N-methyl/N-ethyl adjacent to an activating group) is 1. The maximum absolute atomic E-state index is 12.2. The molecule has 1 heterocycles. The van der Waals surface area contributed by atoms with Crippen molar-refractivity contribution in [2.45, 2.75) is 6.04 Å². The number of nitrogens with one attached hydrogen (secondary N) is 1. The van der Waals surface area contributed by atoms with Gasteiger partial charge in [0.1, 0.15) is 0 Å². The standard InChI is InChI=1S/C15H16Cl2N2OS/c1-19(2)14(10-5-6-21-9-10)8-18-15(20)12-4-3-11(16)7-13(12)17/h3-7,9,14H,8H2,1-2H3,(H,18,20)/t14-/m0/s1. The molecule has 6 heteroatoms. The smallest absolute Gasteiger partial charge is 0.252 e. The monoisotopic (exact) mass is 342 g/mol. The van der Waals surface area contributed by atoms with Crippen LogP contribution in [-0.4, -0.2) is 31.4 Å². The molecule has 1 N–H and O–H groups in total. The van der Waals surface area contributed by atoms with Crippen LogP contribution < -0.4 is 5.32 Å². The van der Waals surface area contributed by atoms with Crippen LogP contribution in [0.15, 0.2) is 35.0 Å². The van der Waals surface area contributed by atoms with Gasteiger partial charge in [-0.25, -0.2) is 0 Å². The van der Waals surface area contributed by atoms with Gasteiger partial charge >= 0.3 is 0 Å². The topological polar surface area (TPSA) is 32.3 Å². The van der Waals surface area contributed by atoms with E-state index in [1.54, 1.807) is 29.5 Å². The van der Waals surface area contributed by atoms with E-state index in [0.29, 0.717) is 22.2 Å². The quantitative estimate of drug-likeness (QED) is 0.887. The molecule has 0 spiro atoms. The summed E-state index contributed by atoms with van der Waals surface area (Å²) in [7, 11) is 3.98. The Kier molecular flexibility index (Phi) is 5.65. The van der Waals surface area contributed by atoms with Gasteiger partial charge in [0, 0.05) is 11.6 Å². The summed E-state index contributed by atoms with van der Waals surface area (Å²) in [6.45, 7) is 0.515. The highest BCUT2D eigenvalue weighted by Crippen LogP contribution is 2.22. The summed E-state index contributed by atoms with van der Waals surface area (Å²) in [5.41, 5.74) is 1.62. The average Bonchev–Trinajstić information content (AvgIpc) is 2.92. The van der Waals surface area contributed by atoms with Gasteiger partial charge in [-0.15, -0.1) is 0 Å². The van der Waals surface area contributed by atoms with Crippen LogP contribution in [0.25, 0.3) is 0 Å². The Labute approximate surface area is 138 Å². The van der Waals surface area contributed by atoms with Gasteiger partial charge in [-0.1, -0.05) is 23.2 Å². The summed E-state index contributed by atoms with van der Waals surface area (Å²) in [6, 6.07) is 7.06. The van der Waals surface area contributed by atoms with Gasteiger partial charge in [-0.3, -0.25) is 4.79 Å². The Hall–Kier alpha value is -1.07. The first-order valence-electron chi connectivity index (χ1n) is 6.41. The first-order chi connectivity index (χ1) is 9.99. The number of rotatable bonds is 5. The van der Waals surface area contributed by atoms with E-state index in [9.17, 15) is 4.79 Å². The van der Waals surface area contributed by atoms with Crippen LogP contribution in [-0.2, 0) is 0 Å². The molecule has 1 amide bonds. The second-order valence-electron chi connectivity index (χ2n) is 4.87. The van der Waals surface area contributed by atoms with E-state index >= 15 is 0 Å². The van der Waals surface area contributed by atoms with Crippen LogP contribution >= 0.6 is 34.5 Å². The van der Waals surface area contributed by atoms with Crippen molar-refractivity contribution in [1.29, 1.82) is 0 Å². The number of halogens is 2. The summed E-state index contributed by atoms with van der Waals surface area (Å²) in [5, 5.41) is 7.92. The predicted octanol–water partition coefficient (Wildman–Crippen LogP) is 4.09. The average molecular weight is 343 g/mol. The van der Waals surface area contributed by atoms with Gasteiger partial charge in [-0.05, 0) is 54.7 Å². The minimum absolute atomic E-state index is 0.131. The summed E-state index contributed by atoms with van der Waals surface area (Å²) in [5.74, 6) is -0.196. The van der Waals surface area contributed by atoms with E-state index in [4.69, 9.17) is 23.2 Å². The fraction of sp³-hybridized carbons (Fsp3) is 0.267. The lowest BCUT2D eigenvalue weighted by molar-refractivity contribution is 0.0942. The lowest BCUT2D eigenvalue weighted by atomic mass is 10.1. The summed E-state index contributed by atoms with van der Waals surface area (Å²) in [4.78, 5) is 14.3. The predicted molar refractivity (Wildman–Crippen MR) is 89.5 cm³/mol. The summed E-state index contributed by atoms with van der Waals surface area (Å²) >= 11 is 13.5. The fourth-order valence-corrected chi connectivity index (χ4v) is 3.22. The zero-order chi connectivity index (χ0) is 15.4. The van der Waals surface area contributed by atoms with E-state index in [1.165, 1.54) is 5.56 Å². The lowest BCUT2D eigenvalue weighted by Crippen LogP contribution is -2.34. The third kappa shape index (κ3) is 4.20. The Morgan fingerprint density at radius 1 is 1.33 bits per heavy atom. The molecular weight excluding hydrogens is 327 g/mol. The van der Waals surface area contributed by atoms with Gasteiger partial charge in [0.25, 0.3) is 5.91 Å². The molecule has 21 heavy (non-hydrogen) atoms. The molecule has 1 atom stereocenters. The van der Waals surface area contributed by atoms with E-state index in [2.05, 4.69) is 21.7 Å². The van der Waals surface area contributed by atoms with Crippen LogP contribution in [0.1, 0.15) is 22.0 Å². The minimum atomic E-state index is -0.196. The largest absolute Gasteiger partial charge is 0.350 e. The molecule has 0 saturated heterocycles. The lowest BCUT2D eigenvalue weighted by Gasteiger charge is -2.24. The third-order valence-electron chi connectivity index (χ3n) is 3.18. The molecule has 2 aromatic rings. The van der Waals surface area contributed by atoms with E-state index < -0.39 is 0 Å². The molecule has 3 nitrogen and oxygen atoms in total. The number of carbonyl (C=O) groups is 1. The number of thiophene rings is 1. The molecule has 0 bridgehead atoms. The van der Waals surface area contributed by atoms with E-state index in [-0.39, 0.29) is 11.9 Å². The Morgan fingerprint density at radius 2 is 2.10 bits per heavy atom. The maximum Gasteiger partial charge on any atom is 0.252 e. The van der Waals surface area contributed by atoms with Gasteiger partial charge in [-0.2, -0.15) is 11.3 Å². The van der Waals surface area contributed by atoms with Gasteiger partial charge in [0.05, 0.1) is 16.6 Å². The summed E-state index contributed by atoms with van der Waals surface area (Å²) in [6.07, 6.45) is 0. The van der Waals surface area contributed by atoms with Crippen LogP contribution in [0, 0.1) is 0 Å². The van der Waals surface area contributed by atoms with Gasteiger partial charge < -0.3 is 10.2 Å². The van der Waals surface area contributed by atoms with Gasteiger partial charge in [0.2, 0.25) is 0 Å². The van der Waals surface area contributed by atoms with Crippen molar-refractivity contribution in [2.24, 2.45) is 0 Å². The third-order valence-corrected chi connectivity index (χ3v) is 4.43. The molecule has 0 saturated carbocycles. The zero-order valence-electron chi connectivity index (χ0n) is 11.8. The number of nitrogens with zero attached hydrogens (tertiary/aromatic N) is 1. The number of hydrogen-bond acceptors (Lipinski definition) is 3. The number of benzene rings is 1. The molecule has 0 aliphatic heterocycles. The number of carbonyl (C=O) groups excluding carboxylic acids is 1. The van der Waals surface area contributed by atoms with Crippen molar-refractivity contribution >= 4 is 40.4 Å². The normalized spacial score (nSPS) is 12.4. The molecule has 112 valence electrons. The number of amides is 1. The Bertz CT molecular complexity index is 614. The second-order valence-corrected chi connectivity index (χ2v) is 6.49. The SMILES string of the molecule is CN(C)[C@@H](CNC(=O)c1ccc(Cl)cc1Cl)c1ccsc1. The number of hydrogen-bond donors (Lipinski definition) is 1. The first kappa shape index (κ1) is 16.3. The molecule has 0 radical (unpaired) electrons. The highest BCUT2D eigenvalue weighted by molar-refractivity contribution is 7.07. The van der Waals surface area contributed by atoms with Crippen LogP contribution in [0.2, 0.25) is 10.0 Å². The highest BCUT2D eigenvalue weighted by Gasteiger charge is 2.17. The van der Waals surface area contributed by atoms with E-state index in [0.717, 1.165) is 0 Å². The first-order valence-corrected chi connectivity index (χ1v) is 8.10. The molecule has 0 aliphatic rings. The van der Waals surface area contributed by atoms with Crippen molar-refractivity contribution in [3.05, 3.63) is 56.2 Å². The highest BCUT2D eigenvalue weighted by atomic mass is 35.5. The maximum atomic E-state index is 12.2. The molecule has 0 unspecified atom stereocenters. The van der Waals surface area contributed by atoms with Crippen molar-refractivity contribution in [3.8, 4) is 0 Å². The molecule has 1 aromatic heterocycles. The Morgan fingerprint density at radius 3 is 2.67 bits per heavy atom. The van der Waals surface area contributed by atoms with Crippen molar-refractivity contribution in [3.63, 3.8) is 0 Å². The molecule has 0 aliphatic carbocycles. The molecule has 2 rings (SSSR count). The minimum Gasteiger partial charge on any atom is -0.350 e. The van der Waals surface area contributed by atoms with Crippen LogP contribution in [0.4, 0.5) is 0 Å². The van der Waals surface area contributed by atoms with Crippen molar-refractivity contribution in [1.82, 2.24) is 10.2 Å². The Balaban J connectivity index is 2.05. The fourth-order valence-electron chi connectivity index (χ4n) is 2.02.